The van der Waals surface area contributed by atoms with Crippen molar-refractivity contribution < 1.29 is 19.4 Å². The third-order valence-corrected chi connectivity index (χ3v) is 4.72. The molecule has 25 heavy (non-hydrogen) atoms. The van der Waals surface area contributed by atoms with E-state index in [-0.39, 0.29) is 19.1 Å². The van der Waals surface area contributed by atoms with E-state index in [1.54, 1.807) is 18.2 Å². The van der Waals surface area contributed by atoms with Crippen LogP contribution >= 0.6 is 11.6 Å². The smallest absolute Gasteiger partial charge is 0.313 e. The zero-order valence-electron chi connectivity index (χ0n) is 13.7. The Balaban J connectivity index is 1.76. The predicted octanol–water partition coefficient (Wildman–Crippen LogP) is 2.29. The van der Waals surface area contributed by atoms with Gasteiger partial charge in [0, 0.05) is 30.8 Å². The Bertz CT molecular complexity index is 789. The molecule has 0 radical (unpaired) electrons. The number of rotatable bonds is 5. The fourth-order valence-corrected chi connectivity index (χ4v) is 3.17. The first kappa shape index (κ1) is 17.4. The molecule has 132 valence electrons. The van der Waals surface area contributed by atoms with E-state index >= 15 is 0 Å². The van der Waals surface area contributed by atoms with Gasteiger partial charge in [-0.2, -0.15) is 5.10 Å². The van der Waals surface area contributed by atoms with Gasteiger partial charge in [-0.3, -0.25) is 14.7 Å². The van der Waals surface area contributed by atoms with E-state index in [0.29, 0.717) is 29.4 Å². The van der Waals surface area contributed by atoms with E-state index in [1.807, 2.05) is 12.1 Å². The Kier molecular flexibility index (Phi) is 4.78. The van der Waals surface area contributed by atoms with Crippen LogP contribution < -0.4 is 0 Å². The lowest BCUT2D eigenvalue weighted by atomic mass is 9.88. The predicted molar refractivity (Wildman–Crippen MR) is 91.5 cm³/mol. The van der Waals surface area contributed by atoms with Gasteiger partial charge in [-0.15, -0.1) is 0 Å². The van der Waals surface area contributed by atoms with Crippen molar-refractivity contribution in [2.75, 3.05) is 26.8 Å². The summed E-state index contributed by atoms with van der Waals surface area (Å²) >= 11 is 5.87. The van der Waals surface area contributed by atoms with Crippen molar-refractivity contribution >= 4 is 23.5 Å². The van der Waals surface area contributed by atoms with Gasteiger partial charge >= 0.3 is 5.97 Å². The monoisotopic (exact) mass is 363 g/mol. The van der Waals surface area contributed by atoms with Crippen molar-refractivity contribution in [2.24, 2.45) is 5.41 Å². The highest BCUT2D eigenvalue weighted by Crippen LogP contribution is 2.32. The maximum Gasteiger partial charge on any atom is 0.313 e. The third kappa shape index (κ3) is 3.38. The minimum atomic E-state index is -1.05. The number of amides is 1. The minimum Gasteiger partial charge on any atom is -0.481 e. The summed E-state index contributed by atoms with van der Waals surface area (Å²) in [6, 6.07) is 8.79. The number of methoxy groups -OCH3 is 1. The number of aromatic amines is 1. The van der Waals surface area contributed by atoms with Crippen LogP contribution in [-0.2, 0) is 9.53 Å². The Labute approximate surface area is 149 Å². The number of benzene rings is 1. The fraction of sp³-hybridized carbons (Fsp3) is 0.353. The van der Waals surface area contributed by atoms with Gasteiger partial charge in [0.05, 0.1) is 12.3 Å². The van der Waals surface area contributed by atoms with Gasteiger partial charge in [-0.25, -0.2) is 0 Å². The summed E-state index contributed by atoms with van der Waals surface area (Å²) in [6.45, 7) is 0.555. The molecule has 2 aromatic rings. The first-order chi connectivity index (χ1) is 11.9. The third-order valence-electron chi connectivity index (χ3n) is 4.46. The Morgan fingerprint density at radius 2 is 2.12 bits per heavy atom. The normalized spacial score (nSPS) is 20.0. The molecule has 1 aliphatic rings. The first-order valence-electron chi connectivity index (χ1n) is 7.78. The number of hydrogen-bond donors (Lipinski definition) is 2. The maximum atomic E-state index is 12.7. The molecule has 1 aromatic heterocycles. The summed E-state index contributed by atoms with van der Waals surface area (Å²) in [5, 5.41) is 17.0. The molecule has 0 saturated carbocycles. The van der Waals surface area contributed by atoms with Crippen LogP contribution in [0.15, 0.2) is 30.3 Å². The van der Waals surface area contributed by atoms with Gasteiger partial charge in [0.15, 0.2) is 0 Å². The molecular formula is C17H18ClN3O4. The molecule has 7 nitrogen and oxygen atoms in total. The molecule has 0 aliphatic carbocycles. The molecule has 1 fully saturated rings. The van der Waals surface area contributed by atoms with Crippen LogP contribution in [0.3, 0.4) is 0 Å². The second-order valence-corrected chi connectivity index (χ2v) is 6.61. The molecule has 2 N–H and O–H groups in total. The Morgan fingerprint density at radius 1 is 1.40 bits per heavy atom. The van der Waals surface area contributed by atoms with Crippen LogP contribution in [0.5, 0.6) is 0 Å². The van der Waals surface area contributed by atoms with Crippen molar-refractivity contribution in [3.63, 3.8) is 0 Å². The summed E-state index contributed by atoms with van der Waals surface area (Å²) in [4.78, 5) is 25.8. The highest BCUT2D eigenvalue weighted by atomic mass is 35.5. The molecule has 1 aliphatic heterocycles. The Morgan fingerprint density at radius 3 is 2.76 bits per heavy atom. The number of ether oxygens (including phenoxy) is 1. The van der Waals surface area contributed by atoms with Gasteiger partial charge in [0.25, 0.3) is 5.91 Å². The largest absolute Gasteiger partial charge is 0.481 e. The van der Waals surface area contributed by atoms with Crippen molar-refractivity contribution in [2.45, 2.75) is 6.42 Å². The molecule has 0 spiro atoms. The molecule has 1 saturated heterocycles. The number of aliphatic carboxylic acids is 1. The number of halogens is 1. The summed E-state index contributed by atoms with van der Waals surface area (Å²) in [5.41, 5.74) is 0.730. The molecule has 0 bridgehead atoms. The van der Waals surface area contributed by atoms with E-state index in [4.69, 9.17) is 16.3 Å². The van der Waals surface area contributed by atoms with Crippen LogP contribution in [0.2, 0.25) is 5.02 Å². The van der Waals surface area contributed by atoms with Crippen LogP contribution in [0.4, 0.5) is 0 Å². The van der Waals surface area contributed by atoms with Crippen molar-refractivity contribution in [3.8, 4) is 11.3 Å². The van der Waals surface area contributed by atoms with Crippen LogP contribution in [0.1, 0.15) is 16.9 Å². The number of H-pyrrole nitrogens is 1. The number of carbonyl (C=O) groups excluding carboxylic acids is 1. The molecule has 1 amide bonds. The highest BCUT2D eigenvalue weighted by molar-refractivity contribution is 6.30. The van der Waals surface area contributed by atoms with Gasteiger partial charge in [0.1, 0.15) is 11.1 Å². The van der Waals surface area contributed by atoms with Crippen LogP contribution in [-0.4, -0.2) is 58.9 Å². The van der Waals surface area contributed by atoms with Crippen LogP contribution in [0.25, 0.3) is 11.3 Å². The van der Waals surface area contributed by atoms with Gasteiger partial charge in [-0.05, 0) is 24.6 Å². The number of nitrogens with zero attached hydrogens (tertiary/aromatic N) is 2. The van der Waals surface area contributed by atoms with Crippen molar-refractivity contribution in [3.05, 3.63) is 41.0 Å². The molecule has 3 rings (SSSR count). The number of hydrogen-bond acceptors (Lipinski definition) is 4. The quantitative estimate of drug-likeness (QED) is 0.849. The summed E-state index contributed by atoms with van der Waals surface area (Å²) in [6.07, 6.45) is 0.361. The molecule has 1 unspecified atom stereocenters. The summed E-state index contributed by atoms with van der Waals surface area (Å²) in [7, 11) is 1.46. The highest BCUT2D eigenvalue weighted by Gasteiger charge is 2.46. The van der Waals surface area contributed by atoms with Crippen molar-refractivity contribution in [1.82, 2.24) is 15.1 Å². The number of nitrogens with one attached hydrogen (secondary N) is 1. The van der Waals surface area contributed by atoms with E-state index in [2.05, 4.69) is 10.2 Å². The van der Waals surface area contributed by atoms with Gasteiger partial charge < -0.3 is 14.7 Å². The number of carboxylic acids is 1. The zero-order valence-corrected chi connectivity index (χ0v) is 14.4. The molecule has 8 heteroatoms. The topological polar surface area (TPSA) is 95.5 Å². The lowest BCUT2D eigenvalue weighted by Gasteiger charge is -2.23. The fourth-order valence-electron chi connectivity index (χ4n) is 3.05. The van der Waals surface area contributed by atoms with Crippen LogP contribution in [0, 0.1) is 5.41 Å². The molecular weight excluding hydrogens is 346 g/mol. The van der Waals surface area contributed by atoms with E-state index < -0.39 is 11.4 Å². The maximum absolute atomic E-state index is 12.7. The van der Waals surface area contributed by atoms with E-state index in [9.17, 15) is 14.7 Å². The van der Waals surface area contributed by atoms with E-state index in [0.717, 1.165) is 5.56 Å². The number of likely N-dealkylation sites (tertiary alicyclic amines) is 1. The van der Waals surface area contributed by atoms with E-state index in [1.165, 1.54) is 12.0 Å². The second kappa shape index (κ2) is 6.85. The summed E-state index contributed by atoms with van der Waals surface area (Å²) in [5.74, 6) is -1.22. The van der Waals surface area contributed by atoms with Crippen molar-refractivity contribution in [1.29, 1.82) is 0 Å². The number of aromatic nitrogens is 2. The minimum absolute atomic E-state index is 0.0745. The lowest BCUT2D eigenvalue weighted by molar-refractivity contribution is -0.151. The standard InChI is InChI=1S/C17H18ClN3O4/c1-25-10-17(16(23)24)6-7-21(9-17)15(22)14-8-13(19-20-14)11-2-4-12(18)5-3-11/h2-5,8H,6-7,9-10H2,1H3,(H,19,20)(H,23,24). The second-order valence-electron chi connectivity index (χ2n) is 6.17. The average molecular weight is 364 g/mol. The lowest BCUT2D eigenvalue weighted by Crippen LogP contribution is -2.40. The van der Waals surface area contributed by atoms with Gasteiger partial charge in [-0.1, -0.05) is 23.7 Å². The average Bonchev–Trinajstić information content (AvgIpc) is 3.23. The first-order valence-corrected chi connectivity index (χ1v) is 8.16. The molecule has 1 atom stereocenters. The zero-order chi connectivity index (χ0) is 18.0. The summed E-state index contributed by atoms with van der Waals surface area (Å²) < 4.78 is 5.05. The SMILES string of the molecule is COCC1(C(=O)O)CCN(C(=O)c2cc(-c3ccc(Cl)cc3)n[nH]2)C1. The Hall–Kier alpha value is -2.38. The van der Waals surface area contributed by atoms with Gasteiger partial charge in [0.2, 0.25) is 0 Å². The molecule has 1 aromatic carbocycles. The molecule has 2 heterocycles. The number of carboxylic acid groups (broad SMARTS) is 1. The number of carbonyl (C=O) groups is 2.